The quantitative estimate of drug-likeness (QED) is 0.904. The summed E-state index contributed by atoms with van der Waals surface area (Å²) < 4.78 is 0. The Kier molecular flexibility index (Phi) is 4.73. The number of nitrogens with zero attached hydrogens (tertiary/aromatic N) is 3. The van der Waals surface area contributed by atoms with Gasteiger partial charge in [-0.15, -0.1) is 0 Å². The Labute approximate surface area is 128 Å². The molecule has 1 fully saturated rings. The minimum absolute atomic E-state index is 0.726. The Morgan fingerprint density at radius 3 is 3.00 bits per heavy atom. The van der Waals surface area contributed by atoms with E-state index in [2.05, 4.69) is 35.2 Å². The lowest BCUT2D eigenvalue weighted by Crippen LogP contribution is -2.49. The molecule has 1 N–H and O–H groups in total. The number of likely N-dealkylation sites (tertiary alicyclic amines) is 1. The molecule has 1 aromatic heterocycles. The number of nitrogens with one attached hydrogen (secondary N) is 1. The van der Waals surface area contributed by atoms with E-state index >= 15 is 0 Å². The van der Waals surface area contributed by atoms with Gasteiger partial charge in [-0.1, -0.05) is 13.8 Å². The highest BCUT2D eigenvalue weighted by Crippen LogP contribution is 2.34. The van der Waals surface area contributed by atoms with Gasteiger partial charge in [-0.05, 0) is 63.1 Å². The van der Waals surface area contributed by atoms with Crippen molar-refractivity contribution in [1.82, 2.24) is 14.9 Å². The average molecular weight is 288 g/mol. The average Bonchev–Trinajstić information content (AvgIpc) is 2.51. The third-order valence-electron chi connectivity index (χ3n) is 4.92. The molecule has 2 heterocycles. The molecule has 0 unspecified atom stereocenters. The summed E-state index contributed by atoms with van der Waals surface area (Å²) in [7, 11) is 0. The van der Waals surface area contributed by atoms with Crippen LogP contribution in [0, 0.1) is 5.92 Å². The van der Waals surface area contributed by atoms with E-state index in [-0.39, 0.29) is 0 Å². The van der Waals surface area contributed by atoms with Gasteiger partial charge in [0.2, 0.25) is 5.95 Å². The van der Waals surface area contributed by atoms with Gasteiger partial charge in [-0.25, -0.2) is 9.97 Å². The van der Waals surface area contributed by atoms with Crippen molar-refractivity contribution in [3.8, 4) is 0 Å². The highest BCUT2D eigenvalue weighted by molar-refractivity contribution is 5.32. The van der Waals surface area contributed by atoms with Crippen LogP contribution in [-0.4, -0.2) is 40.5 Å². The molecular weight excluding hydrogens is 260 g/mol. The number of hydrogen-bond donors (Lipinski definition) is 1. The van der Waals surface area contributed by atoms with Crippen molar-refractivity contribution >= 4 is 5.95 Å². The monoisotopic (exact) mass is 288 g/mol. The maximum atomic E-state index is 4.77. The second-order valence-corrected chi connectivity index (χ2v) is 6.51. The molecule has 2 atom stereocenters. The Morgan fingerprint density at radius 2 is 2.19 bits per heavy atom. The summed E-state index contributed by atoms with van der Waals surface area (Å²) in [6.07, 6.45) is 9.44. The zero-order valence-electron chi connectivity index (χ0n) is 13.4. The van der Waals surface area contributed by atoms with E-state index < -0.39 is 0 Å². The first kappa shape index (κ1) is 14.8. The molecule has 3 rings (SSSR count). The van der Waals surface area contributed by atoms with Crippen molar-refractivity contribution in [3.63, 3.8) is 0 Å². The maximum absolute atomic E-state index is 4.77. The predicted octanol–water partition coefficient (Wildman–Crippen LogP) is 2.89. The molecule has 4 heteroatoms. The van der Waals surface area contributed by atoms with Crippen molar-refractivity contribution in [2.45, 2.75) is 58.4 Å². The SMILES string of the molecule is CCCNc1ncc2c(n1)C[C@@H]1CCCN(CCC)[C@H]1C2. The first-order valence-electron chi connectivity index (χ1n) is 8.64. The normalized spacial score (nSPS) is 25.2. The molecule has 0 radical (unpaired) electrons. The van der Waals surface area contributed by atoms with Crippen molar-refractivity contribution in [1.29, 1.82) is 0 Å². The third kappa shape index (κ3) is 3.20. The first-order valence-corrected chi connectivity index (χ1v) is 8.64. The van der Waals surface area contributed by atoms with E-state index in [1.807, 2.05) is 0 Å². The van der Waals surface area contributed by atoms with Gasteiger partial charge in [0.15, 0.2) is 0 Å². The van der Waals surface area contributed by atoms with Crippen molar-refractivity contribution < 1.29 is 0 Å². The zero-order valence-corrected chi connectivity index (χ0v) is 13.4. The minimum Gasteiger partial charge on any atom is -0.354 e. The number of hydrogen-bond acceptors (Lipinski definition) is 4. The summed E-state index contributed by atoms with van der Waals surface area (Å²) in [5.41, 5.74) is 2.67. The van der Waals surface area contributed by atoms with Crippen LogP contribution < -0.4 is 5.32 Å². The van der Waals surface area contributed by atoms with Crippen LogP contribution in [0.15, 0.2) is 6.20 Å². The van der Waals surface area contributed by atoms with Crippen LogP contribution in [0.4, 0.5) is 5.95 Å². The molecule has 1 aromatic rings. The summed E-state index contributed by atoms with van der Waals surface area (Å²) in [6.45, 7) is 7.93. The molecular formula is C17H28N4. The fourth-order valence-corrected chi connectivity index (χ4v) is 3.90. The van der Waals surface area contributed by atoms with E-state index in [1.165, 1.54) is 43.6 Å². The van der Waals surface area contributed by atoms with E-state index in [0.717, 1.165) is 43.7 Å². The molecule has 0 aromatic carbocycles. The third-order valence-corrected chi connectivity index (χ3v) is 4.92. The fourth-order valence-electron chi connectivity index (χ4n) is 3.90. The van der Waals surface area contributed by atoms with Gasteiger partial charge in [0.1, 0.15) is 0 Å². The topological polar surface area (TPSA) is 41.1 Å². The van der Waals surface area contributed by atoms with Crippen LogP contribution in [0.1, 0.15) is 50.8 Å². The van der Waals surface area contributed by atoms with Crippen molar-refractivity contribution in [2.24, 2.45) is 5.92 Å². The van der Waals surface area contributed by atoms with E-state index in [4.69, 9.17) is 4.98 Å². The molecule has 0 spiro atoms. The van der Waals surface area contributed by atoms with Crippen molar-refractivity contribution in [2.75, 3.05) is 25.0 Å². The lowest BCUT2D eigenvalue weighted by molar-refractivity contribution is 0.0845. The van der Waals surface area contributed by atoms with Gasteiger partial charge in [0, 0.05) is 24.5 Å². The van der Waals surface area contributed by atoms with Crippen LogP contribution in [0.5, 0.6) is 0 Å². The van der Waals surface area contributed by atoms with Crippen LogP contribution in [0.2, 0.25) is 0 Å². The molecule has 116 valence electrons. The Hall–Kier alpha value is -1.16. The Bertz CT molecular complexity index is 472. The lowest BCUT2D eigenvalue weighted by Gasteiger charge is -2.44. The highest BCUT2D eigenvalue weighted by atomic mass is 15.2. The van der Waals surface area contributed by atoms with Gasteiger partial charge in [-0.2, -0.15) is 0 Å². The summed E-state index contributed by atoms with van der Waals surface area (Å²) >= 11 is 0. The number of rotatable bonds is 5. The largest absolute Gasteiger partial charge is 0.354 e. The smallest absolute Gasteiger partial charge is 0.222 e. The van der Waals surface area contributed by atoms with Crippen LogP contribution in [0.25, 0.3) is 0 Å². The second-order valence-electron chi connectivity index (χ2n) is 6.51. The Balaban J connectivity index is 1.76. The van der Waals surface area contributed by atoms with Gasteiger partial charge >= 0.3 is 0 Å². The molecule has 21 heavy (non-hydrogen) atoms. The minimum atomic E-state index is 0.726. The zero-order chi connectivity index (χ0) is 14.7. The van der Waals surface area contributed by atoms with E-state index in [1.54, 1.807) is 0 Å². The standard InChI is InChI=1S/C17H28N4/c1-3-7-18-17-19-12-14-11-16-13(10-15(14)20-17)6-5-9-21(16)8-4-2/h12-13,16H,3-11H2,1-2H3,(H,18,19,20)/t13-,16-/m0/s1. The molecule has 2 aliphatic rings. The molecule has 4 nitrogen and oxygen atoms in total. The van der Waals surface area contributed by atoms with Gasteiger partial charge < -0.3 is 5.32 Å². The number of aromatic nitrogens is 2. The Morgan fingerprint density at radius 1 is 1.29 bits per heavy atom. The molecule has 1 aliphatic carbocycles. The van der Waals surface area contributed by atoms with Crippen LogP contribution in [0.3, 0.4) is 0 Å². The van der Waals surface area contributed by atoms with Crippen LogP contribution >= 0.6 is 0 Å². The second kappa shape index (κ2) is 6.73. The summed E-state index contributed by atoms with van der Waals surface area (Å²) in [6, 6.07) is 0.726. The summed E-state index contributed by atoms with van der Waals surface area (Å²) in [5, 5.41) is 3.31. The molecule has 0 saturated carbocycles. The molecule has 1 aliphatic heterocycles. The van der Waals surface area contributed by atoms with Gasteiger partial charge in [0.25, 0.3) is 0 Å². The molecule has 0 bridgehead atoms. The van der Waals surface area contributed by atoms with Gasteiger partial charge in [-0.3, -0.25) is 4.90 Å². The summed E-state index contributed by atoms with van der Waals surface area (Å²) in [4.78, 5) is 12.0. The fraction of sp³-hybridized carbons (Fsp3) is 0.765. The van der Waals surface area contributed by atoms with Crippen LogP contribution in [-0.2, 0) is 12.8 Å². The molecule has 0 amide bonds. The van der Waals surface area contributed by atoms with Crippen molar-refractivity contribution in [3.05, 3.63) is 17.5 Å². The molecule has 1 saturated heterocycles. The first-order chi connectivity index (χ1) is 10.3. The van der Waals surface area contributed by atoms with E-state index in [0.29, 0.717) is 0 Å². The number of anilines is 1. The maximum Gasteiger partial charge on any atom is 0.222 e. The van der Waals surface area contributed by atoms with Gasteiger partial charge in [0.05, 0.1) is 0 Å². The highest BCUT2D eigenvalue weighted by Gasteiger charge is 2.35. The van der Waals surface area contributed by atoms with E-state index in [9.17, 15) is 0 Å². The predicted molar refractivity (Wildman–Crippen MR) is 86.6 cm³/mol. The summed E-state index contributed by atoms with van der Waals surface area (Å²) in [5.74, 6) is 1.61. The lowest BCUT2D eigenvalue weighted by atomic mass is 9.77. The number of piperidine rings is 1. The number of fused-ring (bicyclic) bond motifs is 2.